The van der Waals surface area contributed by atoms with Gasteiger partial charge in [0.05, 0.1) is 12.8 Å². The van der Waals surface area contributed by atoms with Gasteiger partial charge >= 0.3 is 0 Å². The summed E-state index contributed by atoms with van der Waals surface area (Å²) in [5.41, 5.74) is 1.39. The van der Waals surface area contributed by atoms with Crippen LogP contribution < -0.4 is 0 Å². The van der Waals surface area contributed by atoms with E-state index in [0.717, 1.165) is 0 Å². The van der Waals surface area contributed by atoms with Crippen molar-refractivity contribution >= 4 is 23.1 Å². The molecule has 0 unspecified atom stereocenters. The summed E-state index contributed by atoms with van der Waals surface area (Å²) in [5, 5.41) is 0. The zero-order valence-corrected chi connectivity index (χ0v) is 15.8. The third-order valence-corrected chi connectivity index (χ3v) is 3.68. The minimum Gasteiger partial charge on any atom is -0.300 e. The lowest BCUT2D eigenvalue weighted by molar-refractivity contribution is -0.116. The normalized spacial score (nSPS) is 9.69. The molecule has 0 amide bonds. The van der Waals surface area contributed by atoms with Gasteiger partial charge in [-0.2, -0.15) is 0 Å². The summed E-state index contributed by atoms with van der Waals surface area (Å²) in [6.07, 6.45) is 8.94. The van der Waals surface area contributed by atoms with Crippen molar-refractivity contribution in [3.05, 3.63) is 90.3 Å². The molecule has 0 spiro atoms. The van der Waals surface area contributed by atoms with Crippen LogP contribution in [0.2, 0.25) is 0 Å². The first kappa shape index (κ1) is 21.4. The van der Waals surface area contributed by atoms with E-state index >= 15 is 0 Å². The van der Waals surface area contributed by atoms with Crippen molar-refractivity contribution in [1.82, 2.24) is 15.0 Å². The molecule has 0 saturated heterocycles. The Hall–Kier alpha value is -3.87. The molecule has 7 nitrogen and oxygen atoms in total. The van der Waals surface area contributed by atoms with E-state index in [9.17, 15) is 19.2 Å². The highest BCUT2D eigenvalue weighted by atomic mass is 16.2. The number of hydrogen-bond donors (Lipinski definition) is 0. The van der Waals surface area contributed by atoms with Crippen LogP contribution in [0, 0.1) is 0 Å². The van der Waals surface area contributed by atoms with Crippen LogP contribution >= 0.6 is 0 Å². The molecule has 3 rings (SSSR count). The summed E-state index contributed by atoms with van der Waals surface area (Å²) in [6.45, 7) is 1.40. The molecule has 0 atom stereocenters. The fourth-order valence-corrected chi connectivity index (χ4v) is 2.26. The SMILES string of the molecule is CC(=O)CC(=O)c1cccnc1.O=C(CC(=O)c1cccnc1)c1cccnc1. The molecular formula is C22H19N3O4. The topological polar surface area (TPSA) is 107 Å². The number of pyridine rings is 3. The summed E-state index contributed by atoms with van der Waals surface area (Å²) in [6, 6.07) is 9.95. The van der Waals surface area contributed by atoms with Gasteiger partial charge in [0.15, 0.2) is 17.3 Å². The number of aromatic nitrogens is 3. The maximum Gasteiger partial charge on any atom is 0.172 e. The summed E-state index contributed by atoms with van der Waals surface area (Å²) in [4.78, 5) is 56.7. The maximum atomic E-state index is 11.7. The summed E-state index contributed by atoms with van der Waals surface area (Å²) >= 11 is 0. The van der Waals surface area contributed by atoms with Crippen LogP contribution in [0.5, 0.6) is 0 Å². The van der Waals surface area contributed by atoms with Crippen LogP contribution in [0.1, 0.15) is 50.8 Å². The van der Waals surface area contributed by atoms with Crippen molar-refractivity contribution in [3.8, 4) is 0 Å². The second-order valence-electron chi connectivity index (χ2n) is 6.05. The molecule has 0 aliphatic carbocycles. The first-order valence-electron chi connectivity index (χ1n) is 8.76. The Bertz CT molecular complexity index is 925. The van der Waals surface area contributed by atoms with E-state index in [4.69, 9.17) is 0 Å². The van der Waals surface area contributed by atoms with E-state index in [-0.39, 0.29) is 36.0 Å². The minimum absolute atomic E-state index is 0.0360. The number of rotatable bonds is 7. The van der Waals surface area contributed by atoms with Crippen LogP contribution in [-0.2, 0) is 4.79 Å². The van der Waals surface area contributed by atoms with E-state index in [1.54, 1.807) is 55.0 Å². The van der Waals surface area contributed by atoms with Crippen LogP contribution in [0.25, 0.3) is 0 Å². The van der Waals surface area contributed by atoms with Crippen molar-refractivity contribution in [3.63, 3.8) is 0 Å². The molecule has 0 aliphatic rings. The van der Waals surface area contributed by atoms with Gasteiger partial charge in [-0.15, -0.1) is 0 Å². The average molecular weight is 389 g/mol. The van der Waals surface area contributed by atoms with Gasteiger partial charge < -0.3 is 0 Å². The number of hydrogen-bond acceptors (Lipinski definition) is 7. The van der Waals surface area contributed by atoms with Gasteiger partial charge in [0.1, 0.15) is 5.78 Å². The smallest absolute Gasteiger partial charge is 0.172 e. The van der Waals surface area contributed by atoms with Gasteiger partial charge in [-0.3, -0.25) is 34.1 Å². The third-order valence-electron chi connectivity index (χ3n) is 3.68. The molecule has 146 valence electrons. The largest absolute Gasteiger partial charge is 0.300 e. The lowest BCUT2D eigenvalue weighted by Gasteiger charge is -2.00. The third kappa shape index (κ3) is 7.34. The average Bonchev–Trinajstić information content (AvgIpc) is 2.75. The quantitative estimate of drug-likeness (QED) is 0.451. The number of nitrogens with zero attached hydrogens (tertiary/aromatic N) is 3. The fraction of sp³-hybridized carbons (Fsp3) is 0.136. The van der Waals surface area contributed by atoms with Crippen molar-refractivity contribution in [2.45, 2.75) is 19.8 Å². The predicted molar refractivity (Wildman–Crippen MR) is 106 cm³/mol. The molecular weight excluding hydrogens is 370 g/mol. The zero-order chi connectivity index (χ0) is 21.1. The fourth-order valence-electron chi connectivity index (χ4n) is 2.26. The first-order valence-corrected chi connectivity index (χ1v) is 8.76. The highest BCUT2D eigenvalue weighted by molar-refractivity contribution is 6.13. The monoisotopic (exact) mass is 389 g/mol. The highest BCUT2D eigenvalue weighted by Gasteiger charge is 2.13. The lowest BCUT2D eigenvalue weighted by Crippen LogP contribution is -2.08. The molecule has 29 heavy (non-hydrogen) atoms. The van der Waals surface area contributed by atoms with Crippen molar-refractivity contribution in [2.24, 2.45) is 0 Å². The molecule has 0 bridgehead atoms. The Labute approximate surface area is 167 Å². The highest BCUT2D eigenvalue weighted by Crippen LogP contribution is 2.07. The minimum atomic E-state index is -0.230. The second kappa shape index (κ2) is 11.1. The number of Topliss-reactive ketones (excluding diaryl/α,β-unsaturated/α-hetero) is 4. The van der Waals surface area contributed by atoms with Gasteiger partial charge in [0.25, 0.3) is 0 Å². The van der Waals surface area contributed by atoms with Crippen LogP contribution in [0.15, 0.2) is 73.6 Å². The Morgan fingerprint density at radius 1 is 0.621 bits per heavy atom. The Balaban J connectivity index is 0.000000221. The zero-order valence-electron chi connectivity index (χ0n) is 15.8. The number of ketones is 4. The number of carbonyl (C=O) groups excluding carboxylic acids is 4. The second-order valence-corrected chi connectivity index (χ2v) is 6.05. The number of carbonyl (C=O) groups is 4. The molecule has 0 saturated carbocycles. The molecule has 3 aromatic rings. The van der Waals surface area contributed by atoms with Gasteiger partial charge in [0, 0.05) is 53.9 Å². The Morgan fingerprint density at radius 3 is 1.24 bits per heavy atom. The Kier molecular flexibility index (Phi) is 8.19. The van der Waals surface area contributed by atoms with E-state index in [1.165, 1.54) is 25.5 Å². The van der Waals surface area contributed by atoms with Crippen LogP contribution in [0.4, 0.5) is 0 Å². The van der Waals surface area contributed by atoms with Gasteiger partial charge in [0.2, 0.25) is 0 Å². The van der Waals surface area contributed by atoms with Crippen molar-refractivity contribution in [2.75, 3.05) is 0 Å². The molecule has 0 N–H and O–H groups in total. The van der Waals surface area contributed by atoms with Gasteiger partial charge in [-0.1, -0.05) is 0 Å². The van der Waals surface area contributed by atoms with E-state index in [2.05, 4.69) is 15.0 Å². The summed E-state index contributed by atoms with van der Waals surface area (Å²) in [5.74, 6) is -0.752. The molecule has 0 radical (unpaired) electrons. The predicted octanol–water partition coefficient (Wildman–Crippen LogP) is 3.18. The lowest BCUT2D eigenvalue weighted by atomic mass is 10.0. The van der Waals surface area contributed by atoms with Crippen molar-refractivity contribution in [1.29, 1.82) is 0 Å². The molecule has 7 heteroatoms. The molecule has 3 heterocycles. The maximum absolute atomic E-state index is 11.7. The van der Waals surface area contributed by atoms with Crippen LogP contribution in [0.3, 0.4) is 0 Å². The van der Waals surface area contributed by atoms with E-state index in [0.29, 0.717) is 16.7 Å². The molecule has 3 aromatic heterocycles. The summed E-state index contributed by atoms with van der Waals surface area (Å²) < 4.78 is 0. The van der Waals surface area contributed by atoms with Crippen molar-refractivity contribution < 1.29 is 19.2 Å². The summed E-state index contributed by atoms with van der Waals surface area (Å²) in [7, 11) is 0. The van der Waals surface area contributed by atoms with Gasteiger partial charge in [-0.25, -0.2) is 0 Å². The van der Waals surface area contributed by atoms with E-state index < -0.39 is 0 Å². The van der Waals surface area contributed by atoms with Gasteiger partial charge in [-0.05, 0) is 43.3 Å². The van der Waals surface area contributed by atoms with E-state index in [1.807, 2.05) is 0 Å². The molecule has 0 aliphatic heterocycles. The van der Waals surface area contributed by atoms with Crippen LogP contribution in [-0.4, -0.2) is 38.1 Å². The standard InChI is InChI=1S/C13H10N2O2.C9H9NO2/c16-12(10-3-1-5-14-8-10)7-13(17)11-4-2-6-15-9-11;1-7(11)5-9(12)8-3-2-4-10-6-8/h1-6,8-9H,7H2;2-4,6H,5H2,1H3. The molecule has 0 fully saturated rings. The molecule has 0 aromatic carbocycles. The first-order chi connectivity index (χ1) is 14.0. The Morgan fingerprint density at radius 2 is 0.966 bits per heavy atom.